The van der Waals surface area contributed by atoms with E-state index in [1.54, 1.807) is 4.90 Å². The number of carbonyl (C=O) groups excluding carboxylic acids is 1. The topological polar surface area (TPSA) is 32.3 Å². The van der Waals surface area contributed by atoms with Gasteiger partial charge in [0.15, 0.2) is 0 Å². The molecule has 0 heterocycles. The molecule has 0 aliphatic heterocycles. The monoisotopic (exact) mass is 218 g/mol. The van der Waals surface area contributed by atoms with Crippen LogP contribution in [-0.2, 0) is 6.54 Å². The van der Waals surface area contributed by atoms with Gasteiger partial charge in [-0.15, -0.1) is 0 Å². The van der Waals surface area contributed by atoms with Crippen LogP contribution in [0, 0.1) is 0 Å². The number of hydrogen-bond acceptors (Lipinski definition) is 1. The molecule has 1 aliphatic rings. The number of hydrogen-bond donors (Lipinski definition) is 1. The van der Waals surface area contributed by atoms with E-state index in [9.17, 15) is 4.79 Å². The van der Waals surface area contributed by atoms with Gasteiger partial charge >= 0.3 is 6.03 Å². The van der Waals surface area contributed by atoms with Crippen LogP contribution in [0.15, 0.2) is 30.3 Å². The van der Waals surface area contributed by atoms with Crippen LogP contribution in [0.2, 0.25) is 0 Å². The molecule has 1 N–H and O–H groups in total. The van der Waals surface area contributed by atoms with Gasteiger partial charge in [-0.25, -0.2) is 4.79 Å². The summed E-state index contributed by atoms with van der Waals surface area (Å²) in [7, 11) is 1.83. The SMILES string of the molecule is CN(Cc1ccccc1)C(=O)NC1CCC1. The lowest BCUT2D eigenvalue weighted by molar-refractivity contribution is 0.195. The van der Waals surface area contributed by atoms with Crippen LogP contribution in [0.1, 0.15) is 24.8 Å². The van der Waals surface area contributed by atoms with Gasteiger partial charge in [0.25, 0.3) is 0 Å². The second-order valence-corrected chi connectivity index (χ2v) is 4.42. The molecule has 0 spiro atoms. The number of rotatable bonds is 3. The molecular weight excluding hydrogens is 200 g/mol. The van der Waals surface area contributed by atoms with Crippen LogP contribution in [0.4, 0.5) is 4.79 Å². The fourth-order valence-corrected chi connectivity index (χ4v) is 1.77. The number of urea groups is 1. The van der Waals surface area contributed by atoms with Gasteiger partial charge < -0.3 is 10.2 Å². The fourth-order valence-electron chi connectivity index (χ4n) is 1.77. The number of carbonyl (C=O) groups is 1. The van der Waals surface area contributed by atoms with Crippen LogP contribution in [0.3, 0.4) is 0 Å². The third-order valence-electron chi connectivity index (χ3n) is 3.04. The first-order valence-corrected chi connectivity index (χ1v) is 5.81. The minimum Gasteiger partial charge on any atom is -0.335 e. The van der Waals surface area contributed by atoms with Crippen LogP contribution >= 0.6 is 0 Å². The number of nitrogens with one attached hydrogen (secondary N) is 1. The molecule has 2 rings (SSSR count). The minimum absolute atomic E-state index is 0.0357. The lowest BCUT2D eigenvalue weighted by Crippen LogP contribution is -2.45. The Kier molecular flexibility index (Phi) is 3.44. The number of benzene rings is 1. The summed E-state index contributed by atoms with van der Waals surface area (Å²) in [6.07, 6.45) is 3.50. The van der Waals surface area contributed by atoms with Crippen molar-refractivity contribution in [2.75, 3.05) is 7.05 Å². The van der Waals surface area contributed by atoms with Crippen LogP contribution < -0.4 is 5.32 Å². The first-order valence-electron chi connectivity index (χ1n) is 5.81. The van der Waals surface area contributed by atoms with Crippen molar-refractivity contribution in [2.45, 2.75) is 31.8 Å². The molecule has 1 fully saturated rings. The van der Waals surface area contributed by atoms with Gasteiger partial charge in [-0.05, 0) is 24.8 Å². The second kappa shape index (κ2) is 5.01. The maximum absolute atomic E-state index is 11.8. The molecule has 0 saturated heterocycles. The second-order valence-electron chi connectivity index (χ2n) is 4.42. The molecular formula is C13H18N2O. The highest BCUT2D eigenvalue weighted by molar-refractivity contribution is 5.74. The molecule has 16 heavy (non-hydrogen) atoms. The minimum atomic E-state index is 0.0357. The third kappa shape index (κ3) is 2.75. The third-order valence-corrected chi connectivity index (χ3v) is 3.04. The lowest BCUT2D eigenvalue weighted by Gasteiger charge is -2.29. The normalized spacial score (nSPS) is 15.3. The van der Waals surface area contributed by atoms with Gasteiger partial charge in [0.2, 0.25) is 0 Å². The van der Waals surface area contributed by atoms with E-state index in [0.29, 0.717) is 12.6 Å². The van der Waals surface area contributed by atoms with Crippen molar-refractivity contribution in [3.05, 3.63) is 35.9 Å². The molecule has 0 radical (unpaired) electrons. The van der Waals surface area contributed by atoms with Crippen LogP contribution in [0.25, 0.3) is 0 Å². The van der Waals surface area contributed by atoms with Crippen molar-refractivity contribution < 1.29 is 4.79 Å². The van der Waals surface area contributed by atoms with E-state index in [4.69, 9.17) is 0 Å². The van der Waals surface area contributed by atoms with Crippen LogP contribution in [0.5, 0.6) is 0 Å². The highest BCUT2D eigenvalue weighted by Gasteiger charge is 2.20. The summed E-state index contributed by atoms with van der Waals surface area (Å²) < 4.78 is 0. The summed E-state index contributed by atoms with van der Waals surface area (Å²) in [5.74, 6) is 0. The summed E-state index contributed by atoms with van der Waals surface area (Å²) in [6, 6.07) is 10.5. The van der Waals surface area contributed by atoms with Crippen molar-refractivity contribution in [1.82, 2.24) is 10.2 Å². The summed E-state index contributed by atoms with van der Waals surface area (Å²) in [5, 5.41) is 3.02. The van der Waals surface area contributed by atoms with Crippen molar-refractivity contribution in [1.29, 1.82) is 0 Å². The summed E-state index contributed by atoms with van der Waals surface area (Å²) in [5.41, 5.74) is 1.16. The Morgan fingerprint density at radius 2 is 2.06 bits per heavy atom. The predicted octanol–water partition coefficient (Wildman–Crippen LogP) is 2.38. The molecule has 0 unspecified atom stereocenters. The van der Waals surface area contributed by atoms with E-state index in [0.717, 1.165) is 18.4 Å². The summed E-state index contributed by atoms with van der Waals surface area (Å²) in [6.45, 7) is 0.666. The zero-order chi connectivity index (χ0) is 11.4. The van der Waals surface area contributed by atoms with Crippen molar-refractivity contribution in [3.63, 3.8) is 0 Å². The molecule has 1 aliphatic carbocycles. The Hall–Kier alpha value is -1.51. The highest BCUT2D eigenvalue weighted by atomic mass is 16.2. The van der Waals surface area contributed by atoms with Gasteiger partial charge in [-0.1, -0.05) is 30.3 Å². The van der Waals surface area contributed by atoms with E-state index in [1.165, 1.54) is 6.42 Å². The molecule has 0 aromatic heterocycles. The van der Waals surface area contributed by atoms with Gasteiger partial charge in [-0.2, -0.15) is 0 Å². The maximum atomic E-state index is 11.8. The van der Waals surface area contributed by atoms with E-state index < -0.39 is 0 Å². The average molecular weight is 218 g/mol. The van der Waals surface area contributed by atoms with Gasteiger partial charge in [0.05, 0.1) is 0 Å². The smallest absolute Gasteiger partial charge is 0.317 e. The molecule has 3 nitrogen and oxygen atoms in total. The average Bonchev–Trinajstić information content (AvgIpc) is 2.24. The molecule has 3 heteroatoms. The van der Waals surface area contributed by atoms with Crippen molar-refractivity contribution in [3.8, 4) is 0 Å². The number of nitrogens with zero attached hydrogens (tertiary/aromatic N) is 1. The molecule has 2 amide bonds. The molecule has 0 atom stereocenters. The highest BCUT2D eigenvalue weighted by Crippen LogP contribution is 2.18. The van der Waals surface area contributed by atoms with Gasteiger partial charge in [0.1, 0.15) is 0 Å². The Labute approximate surface area is 96.5 Å². The Balaban J connectivity index is 1.82. The van der Waals surface area contributed by atoms with E-state index in [2.05, 4.69) is 5.32 Å². The fraction of sp³-hybridized carbons (Fsp3) is 0.462. The van der Waals surface area contributed by atoms with Gasteiger partial charge in [0, 0.05) is 19.6 Å². The van der Waals surface area contributed by atoms with Crippen LogP contribution in [-0.4, -0.2) is 24.0 Å². The zero-order valence-corrected chi connectivity index (χ0v) is 9.65. The van der Waals surface area contributed by atoms with E-state index >= 15 is 0 Å². The Morgan fingerprint density at radius 3 is 2.62 bits per heavy atom. The molecule has 1 aromatic carbocycles. The van der Waals surface area contributed by atoms with Crippen molar-refractivity contribution >= 4 is 6.03 Å². The quantitative estimate of drug-likeness (QED) is 0.830. The van der Waals surface area contributed by atoms with E-state index in [1.807, 2.05) is 37.4 Å². The molecule has 86 valence electrons. The standard InChI is InChI=1S/C13H18N2O/c1-15(10-11-6-3-2-4-7-11)13(16)14-12-8-5-9-12/h2-4,6-7,12H,5,8-10H2,1H3,(H,14,16). The molecule has 1 saturated carbocycles. The first-order chi connectivity index (χ1) is 7.75. The predicted molar refractivity (Wildman–Crippen MR) is 64.1 cm³/mol. The lowest BCUT2D eigenvalue weighted by atomic mass is 9.93. The Bertz CT molecular complexity index is 346. The number of amides is 2. The van der Waals surface area contributed by atoms with Gasteiger partial charge in [-0.3, -0.25) is 0 Å². The molecule has 1 aromatic rings. The molecule has 0 bridgehead atoms. The maximum Gasteiger partial charge on any atom is 0.317 e. The largest absolute Gasteiger partial charge is 0.335 e. The summed E-state index contributed by atoms with van der Waals surface area (Å²) in [4.78, 5) is 13.5. The van der Waals surface area contributed by atoms with Crippen molar-refractivity contribution in [2.24, 2.45) is 0 Å². The zero-order valence-electron chi connectivity index (χ0n) is 9.65. The van der Waals surface area contributed by atoms with E-state index in [-0.39, 0.29) is 6.03 Å². The summed E-state index contributed by atoms with van der Waals surface area (Å²) >= 11 is 0. The Morgan fingerprint density at radius 1 is 1.38 bits per heavy atom. The first kappa shape index (κ1) is 11.0.